The highest BCUT2D eigenvalue weighted by atomic mass is 32.1. The molecule has 0 bridgehead atoms. The number of methoxy groups -OCH3 is 1. The van der Waals surface area contributed by atoms with E-state index in [0.717, 1.165) is 23.5 Å². The third kappa shape index (κ3) is 2.98. The summed E-state index contributed by atoms with van der Waals surface area (Å²) >= 11 is 1.62. The van der Waals surface area contributed by atoms with Crippen molar-refractivity contribution in [3.63, 3.8) is 0 Å². The molecule has 1 heterocycles. The van der Waals surface area contributed by atoms with E-state index < -0.39 is 0 Å². The van der Waals surface area contributed by atoms with E-state index in [0.29, 0.717) is 0 Å². The minimum Gasteiger partial charge on any atom is -0.494 e. The van der Waals surface area contributed by atoms with E-state index in [1.807, 2.05) is 19.3 Å². The van der Waals surface area contributed by atoms with Crippen LogP contribution in [-0.4, -0.2) is 19.1 Å². The molecule has 0 spiro atoms. The number of nitrogens with one attached hydrogen (secondary N) is 1. The molecule has 1 aromatic heterocycles. The fourth-order valence-corrected chi connectivity index (χ4v) is 2.44. The van der Waals surface area contributed by atoms with Crippen LogP contribution in [0.5, 0.6) is 5.75 Å². The molecule has 2 aromatic rings. The van der Waals surface area contributed by atoms with Crippen molar-refractivity contribution in [3.8, 4) is 5.75 Å². The zero-order valence-corrected chi connectivity index (χ0v) is 11.2. The molecule has 5 heteroatoms. The molecule has 0 saturated carbocycles. The van der Waals surface area contributed by atoms with Crippen molar-refractivity contribution in [2.45, 2.75) is 12.8 Å². The first-order valence-corrected chi connectivity index (χ1v) is 6.49. The quantitative estimate of drug-likeness (QED) is 0.903. The first kappa shape index (κ1) is 12.8. The predicted octanol–water partition coefficient (Wildman–Crippen LogP) is 3.12. The van der Waals surface area contributed by atoms with Gasteiger partial charge in [0.1, 0.15) is 0 Å². The minimum atomic E-state index is -0.310. The summed E-state index contributed by atoms with van der Waals surface area (Å²) in [6, 6.07) is 5.08. The van der Waals surface area contributed by atoms with Gasteiger partial charge in [-0.3, -0.25) is 0 Å². The van der Waals surface area contributed by atoms with Crippen LogP contribution < -0.4 is 10.1 Å². The van der Waals surface area contributed by atoms with Crippen molar-refractivity contribution in [2.75, 3.05) is 19.5 Å². The molecule has 0 saturated heterocycles. The van der Waals surface area contributed by atoms with Gasteiger partial charge in [0.25, 0.3) is 0 Å². The van der Waals surface area contributed by atoms with Crippen molar-refractivity contribution in [1.82, 2.24) is 4.98 Å². The number of hydrogen-bond acceptors (Lipinski definition) is 4. The Labute approximate surface area is 110 Å². The summed E-state index contributed by atoms with van der Waals surface area (Å²) in [5.74, 6) is -0.0239. The molecule has 2 rings (SSSR count). The van der Waals surface area contributed by atoms with Crippen LogP contribution in [0.4, 0.5) is 9.52 Å². The lowest BCUT2D eigenvalue weighted by atomic mass is 10.1. The summed E-state index contributed by atoms with van der Waals surface area (Å²) in [5.41, 5.74) is 0.965. The number of halogens is 1. The van der Waals surface area contributed by atoms with E-state index in [4.69, 9.17) is 4.74 Å². The Bertz CT molecular complexity index is 527. The molecule has 0 amide bonds. The minimum absolute atomic E-state index is 0.286. The number of benzene rings is 1. The zero-order valence-electron chi connectivity index (χ0n) is 10.4. The summed E-state index contributed by atoms with van der Waals surface area (Å²) in [4.78, 5) is 5.40. The van der Waals surface area contributed by atoms with Crippen LogP contribution in [-0.2, 0) is 12.8 Å². The first-order chi connectivity index (χ1) is 8.72. The van der Waals surface area contributed by atoms with Gasteiger partial charge in [-0.25, -0.2) is 9.37 Å². The van der Waals surface area contributed by atoms with Gasteiger partial charge in [-0.1, -0.05) is 6.07 Å². The average Bonchev–Trinajstić information content (AvgIpc) is 2.84. The van der Waals surface area contributed by atoms with E-state index in [1.54, 1.807) is 17.4 Å². The maximum absolute atomic E-state index is 13.5. The molecule has 96 valence electrons. The molecular weight excluding hydrogens is 251 g/mol. The number of anilines is 1. The summed E-state index contributed by atoms with van der Waals surface area (Å²) in [6.07, 6.45) is 3.52. The molecule has 1 N–H and O–H groups in total. The standard InChI is InChI=1S/C13H15FN2OS/c1-15-13-16-8-10(18-13)5-3-9-4-6-12(17-2)11(14)7-9/h4,6-8H,3,5H2,1-2H3,(H,15,16). The largest absolute Gasteiger partial charge is 0.494 e. The number of ether oxygens (including phenoxy) is 1. The number of rotatable bonds is 5. The molecule has 0 radical (unpaired) electrons. The molecule has 18 heavy (non-hydrogen) atoms. The van der Waals surface area contributed by atoms with E-state index in [2.05, 4.69) is 10.3 Å². The van der Waals surface area contributed by atoms with Gasteiger partial charge in [-0.15, -0.1) is 11.3 Å². The Balaban J connectivity index is 1.99. The molecule has 0 atom stereocenters. The second-order valence-electron chi connectivity index (χ2n) is 3.85. The SMILES string of the molecule is CNc1ncc(CCc2ccc(OC)c(F)c2)s1. The zero-order chi connectivity index (χ0) is 13.0. The Morgan fingerprint density at radius 3 is 2.83 bits per heavy atom. The molecule has 0 aliphatic rings. The summed E-state index contributed by atoms with van der Waals surface area (Å²) < 4.78 is 18.4. The van der Waals surface area contributed by atoms with Gasteiger partial charge >= 0.3 is 0 Å². The smallest absolute Gasteiger partial charge is 0.182 e. The third-order valence-electron chi connectivity index (χ3n) is 2.64. The Kier molecular flexibility index (Phi) is 4.15. The molecule has 0 aliphatic carbocycles. The lowest BCUT2D eigenvalue weighted by molar-refractivity contribution is 0.386. The molecule has 0 unspecified atom stereocenters. The summed E-state index contributed by atoms with van der Waals surface area (Å²) in [5, 5.41) is 3.91. The highest BCUT2D eigenvalue weighted by Crippen LogP contribution is 2.21. The highest BCUT2D eigenvalue weighted by Gasteiger charge is 2.05. The third-order valence-corrected chi connectivity index (χ3v) is 3.72. The molecule has 3 nitrogen and oxygen atoms in total. The Hall–Kier alpha value is -1.62. The van der Waals surface area contributed by atoms with Gasteiger partial charge < -0.3 is 10.1 Å². The molecular formula is C13H15FN2OS. The number of aromatic nitrogens is 1. The molecule has 0 aliphatic heterocycles. The highest BCUT2D eigenvalue weighted by molar-refractivity contribution is 7.15. The van der Waals surface area contributed by atoms with Crippen molar-refractivity contribution in [1.29, 1.82) is 0 Å². The van der Waals surface area contributed by atoms with Gasteiger partial charge in [0, 0.05) is 18.1 Å². The van der Waals surface area contributed by atoms with Gasteiger partial charge in [-0.05, 0) is 30.5 Å². The monoisotopic (exact) mass is 266 g/mol. The van der Waals surface area contributed by atoms with E-state index in [1.165, 1.54) is 18.1 Å². The summed E-state index contributed by atoms with van der Waals surface area (Å²) in [7, 11) is 3.32. The Morgan fingerprint density at radius 2 is 2.22 bits per heavy atom. The molecule has 1 aromatic carbocycles. The van der Waals surface area contributed by atoms with Crippen LogP contribution in [0.3, 0.4) is 0 Å². The van der Waals surface area contributed by atoms with Crippen LogP contribution in [0.1, 0.15) is 10.4 Å². The summed E-state index contributed by atoms with van der Waals surface area (Å²) in [6.45, 7) is 0. The maximum atomic E-state index is 13.5. The second kappa shape index (κ2) is 5.82. The van der Waals surface area contributed by atoms with Gasteiger partial charge in [-0.2, -0.15) is 0 Å². The first-order valence-electron chi connectivity index (χ1n) is 5.68. The fraction of sp³-hybridized carbons (Fsp3) is 0.308. The van der Waals surface area contributed by atoms with Crippen LogP contribution >= 0.6 is 11.3 Å². The van der Waals surface area contributed by atoms with Crippen molar-refractivity contribution < 1.29 is 9.13 Å². The van der Waals surface area contributed by atoms with Crippen molar-refractivity contribution >= 4 is 16.5 Å². The second-order valence-corrected chi connectivity index (χ2v) is 4.97. The average molecular weight is 266 g/mol. The van der Waals surface area contributed by atoms with Gasteiger partial charge in [0.15, 0.2) is 16.7 Å². The van der Waals surface area contributed by atoms with E-state index >= 15 is 0 Å². The van der Waals surface area contributed by atoms with Crippen LogP contribution in [0.15, 0.2) is 24.4 Å². The number of hydrogen-bond donors (Lipinski definition) is 1. The topological polar surface area (TPSA) is 34.2 Å². The fourth-order valence-electron chi connectivity index (χ4n) is 1.67. The number of aryl methyl sites for hydroxylation is 2. The van der Waals surface area contributed by atoms with Gasteiger partial charge in [0.05, 0.1) is 7.11 Å². The number of thiazole rings is 1. The van der Waals surface area contributed by atoms with E-state index in [9.17, 15) is 4.39 Å². The van der Waals surface area contributed by atoms with Gasteiger partial charge in [0.2, 0.25) is 0 Å². The number of nitrogens with zero attached hydrogens (tertiary/aromatic N) is 1. The van der Waals surface area contributed by atoms with E-state index in [-0.39, 0.29) is 11.6 Å². The lowest BCUT2D eigenvalue weighted by Gasteiger charge is -2.04. The van der Waals surface area contributed by atoms with Crippen molar-refractivity contribution in [2.24, 2.45) is 0 Å². The predicted molar refractivity (Wildman–Crippen MR) is 72.0 cm³/mol. The van der Waals surface area contributed by atoms with Crippen molar-refractivity contribution in [3.05, 3.63) is 40.7 Å². The maximum Gasteiger partial charge on any atom is 0.182 e. The van der Waals surface area contributed by atoms with Crippen LogP contribution in [0.2, 0.25) is 0 Å². The molecule has 0 fully saturated rings. The normalized spacial score (nSPS) is 10.4. The lowest BCUT2D eigenvalue weighted by Crippen LogP contribution is -1.93. The van der Waals surface area contributed by atoms with Crippen LogP contribution in [0, 0.1) is 5.82 Å². The Morgan fingerprint density at radius 1 is 1.39 bits per heavy atom. The van der Waals surface area contributed by atoms with Crippen LogP contribution in [0.25, 0.3) is 0 Å².